The fourth-order valence-electron chi connectivity index (χ4n) is 3.08. The minimum absolute atomic E-state index is 0. The van der Waals surface area contributed by atoms with Crippen LogP contribution in [-0.2, 0) is 11.3 Å². The van der Waals surface area contributed by atoms with Crippen LogP contribution in [0.2, 0.25) is 0 Å². The lowest BCUT2D eigenvalue weighted by atomic mass is 9.95. The fourth-order valence-corrected chi connectivity index (χ4v) is 3.08. The maximum atomic E-state index is 13.1. The van der Waals surface area contributed by atoms with Crippen LogP contribution in [0.4, 0.5) is 4.39 Å². The zero-order chi connectivity index (χ0) is 14.8. The molecule has 8 heteroatoms. The molecule has 1 aliphatic rings. The Morgan fingerprint density at radius 1 is 1.39 bits per heavy atom. The van der Waals surface area contributed by atoms with E-state index in [1.807, 2.05) is 0 Å². The molecule has 1 aromatic carbocycles. The molecule has 0 radical (unpaired) electrons. The Bertz CT molecular complexity index is 664. The van der Waals surface area contributed by atoms with Crippen molar-refractivity contribution in [2.24, 2.45) is 17.6 Å². The van der Waals surface area contributed by atoms with Gasteiger partial charge in [0.2, 0.25) is 5.91 Å². The van der Waals surface area contributed by atoms with E-state index in [1.165, 1.54) is 12.1 Å². The first kappa shape index (κ1) is 19.7. The minimum Gasteiger partial charge on any atom is -0.349 e. The number of carbonyl (C=O) groups is 1. The molecule has 1 aliphatic carbocycles. The standard InChI is InChI=1S/C15H19FN4O.2ClH/c16-10-4-5-12-13(6-10)20-14(19-12)8-18-15(21)11-3-1-2-9(11)7-17;;/h4-6,9,11H,1-3,7-8,17H2,(H,18,21)(H,19,20);2*1H/t9-,11-;;/m1../s1. The molecule has 2 aromatic rings. The maximum absolute atomic E-state index is 13.1. The van der Waals surface area contributed by atoms with Crippen LogP contribution in [0.1, 0.15) is 25.1 Å². The van der Waals surface area contributed by atoms with E-state index in [0.29, 0.717) is 29.9 Å². The number of amides is 1. The fraction of sp³-hybridized carbons (Fsp3) is 0.467. The zero-order valence-corrected chi connectivity index (χ0v) is 14.2. The van der Waals surface area contributed by atoms with Crippen molar-refractivity contribution in [1.29, 1.82) is 0 Å². The number of imidazole rings is 1. The van der Waals surface area contributed by atoms with Gasteiger partial charge in [0.15, 0.2) is 0 Å². The number of hydrogen-bond acceptors (Lipinski definition) is 3. The van der Waals surface area contributed by atoms with Crippen LogP contribution >= 0.6 is 24.8 Å². The number of aromatic amines is 1. The number of nitrogens with one attached hydrogen (secondary N) is 2. The van der Waals surface area contributed by atoms with E-state index in [4.69, 9.17) is 5.73 Å². The van der Waals surface area contributed by atoms with E-state index >= 15 is 0 Å². The number of hydrogen-bond donors (Lipinski definition) is 3. The maximum Gasteiger partial charge on any atom is 0.223 e. The lowest BCUT2D eigenvalue weighted by molar-refractivity contribution is -0.126. The van der Waals surface area contributed by atoms with Crippen LogP contribution in [-0.4, -0.2) is 22.4 Å². The Labute approximate surface area is 146 Å². The third kappa shape index (κ3) is 4.34. The summed E-state index contributed by atoms with van der Waals surface area (Å²) in [6, 6.07) is 4.39. The first-order valence-corrected chi connectivity index (χ1v) is 7.29. The number of fused-ring (bicyclic) bond motifs is 1. The van der Waals surface area contributed by atoms with E-state index in [-0.39, 0.29) is 48.4 Å². The average molecular weight is 363 g/mol. The van der Waals surface area contributed by atoms with Gasteiger partial charge in [-0.3, -0.25) is 4.79 Å². The van der Waals surface area contributed by atoms with E-state index in [2.05, 4.69) is 15.3 Å². The first-order chi connectivity index (χ1) is 10.2. The molecule has 5 nitrogen and oxygen atoms in total. The topological polar surface area (TPSA) is 83.8 Å². The van der Waals surface area contributed by atoms with Crippen molar-refractivity contribution in [1.82, 2.24) is 15.3 Å². The summed E-state index contributed by atoms with van der Waals surface area (Å²) in [5, 5.41) is 2.90. The summed E-state index contributed by atoms with van der Waals surface area (Å²) in [6.45, 7) is 0.880. The Kier molecular flexibility index (Phi) is 7.25. The molecule has 1 fully saturated rings. The summed E-state index contributed by atoms with van der Waals surface area (Å²) < 4.78 is 13.1. The Balaban J connectivity index is 0.00000132. The second-order valence-electron chi connectivity index (χ2n) is 5.60. The largest absolute Gasteiger partial charge is 0.349 e. The molecule has 2 atom stereocenters. The minimum atomic E-state index is -0.307. The predicted molar refractivity (Wildman–Crippen MR) is 92.3 cm³/mol. The Hall–Kier alpha value is -1.37. The van der Waals surface area contributed by atoms with Crippen molar-refractivity contribution in [2.75, 3.05) is 6.54 Å². The van der Waals surface area contributed by atoms with Gasteiger partial charge >= 0.3 is 0 Å². The quantitative estimate of drug-likeness (QED) is 0.781. The van der Waals surface area contributed by atoms with Gasteiger partial charge in [-0.2, -0.15) is 0 Å². The van der Waals surface area contributed by atoms with Crippen LogP contribution in [0, 0.1) is 17.7 Å². The van der Waals surface area contributed by atoms with Gasteiger partial charge in [0, 0.05) is 5.92 Å². The van der Waals surface area contributed by atoms with Crippen LogP contribution in [0.15, 0.2) is 18.2 Å². The van der Waals surface area contributed by atoms with Crippen molar-refractivity contribution < 1.29 is 9.18 Å². The summed E-state index contributed by atoms with van der Waals surface area (Å²) in [6.07, 6.45) is 2.99. The zero-order valence-electron chi connectivity index (χ0n) is 12.5. The van der Waals surface area contributed by atoms with Crippen molar-refractivity contribution in [3.8, 4) is 0 Å². The molecular weight excluding hydrogens is 342 g/mol. The van der Waals surface area contributed by atoms with Gasteiger partial charge < -0.3 is 16.0 Å². The van der Waals surface area contributed by atoms with Crippen LogP contribution in [0.5, 0.6) is 0 Å². The van der Waals surface area contributed by atoms with Gasteiger partial charge in [-0.1, -0.05) is 6.42 Å². The molecule has 128 valence electrons. The number of benzene rings is 1. The predicted octanol–water partition coefficient (Wildman–Crippen LogP) is 2.54. The molecule has 1 heterocycles. The molecule has 23 heavy (non-hydrogen) atoms. The lowest BCUT2D eigenvalue weighted by Gasteiger charge is -2.16. The number of nitrogens with zero attached hydrogens (tertiary/aromatic N) is 1. The smallest absolute Gasteiger partial charge is 0.223 e. The number of carbonyl (C=O) groups excluding carboxylic acids is 1. The van der Waals surface area contributed by atoms with Gasteiger partial charge in [-0.05, 0) is 43.5 Å². The van der Waals surface area contributed by atoms with Gasteiger partial charge in [-0.25, -0.2) is 9.37 Å². The van der Waals surface area contributed by atoms with Crippen molar-refractivity contribution in [3.05, 3.63) is 29.8 Å². The monoisotopic (exact) mass is 362 g/mol. The van der Waals surface area contributed by atoms with E-state index in [9.17, 15) is 9.18 Å². The Morgan fingerprint density at radius 2 is 2.17 bits per heavy atom. The molecule has 0 unspecified atom stereocenters. The van der Waals surface area contributed by atoms with E-state index < -0.39 is 0 Å². The summed E-state index contributed by atoms with van der Waals surface area (Å²) in [4.78, 5) is 19.5. The lowest BCUT2D eigenvalue weighted by Crippen LogP contribution is -2.34. The molecule has 0 saturated heterocycles. The molecule has 0 spiro atoms. The Morgan fingerprint density at radius 3 is 2.91 bits per heavy atom. The summed E-state index contributed by atoms with van der Waals surface area (Å²) in [5.74, 6) is 0.658. The van der Waals surface area contributed by atoms with Crippen LogP contribution in [0.25, 0.3) is 11.0 Å². The van der Waals surface area contributed by atoms with Gasteiger partial charge in [0.25, 0.3) is 0 Å². The second-order valence-corrected chi connectivity index (χ2v) is 5.60. The normalized spacial score (nSPS) is 19.9. The third-order valence-electron chi connectivity index (χ3n) is 4.22. The van der Waals surface area contributed by atoms with E-state index in [0.717, 1.165) is 19.3 Å². The van der Waals surface area contributed by atoms with Crippen LogP contribution < -0.4 is 11.1 Å². The summed E-state index contributed by atoms with van der Waals surface area (Å²) >= 11 is 0. The number of aromatic nitrogens is 2. The highest BCUT2D eigenvalue weighted by molar-refractivity contribution is 5.85. The van der Waals surface area contributed by atoms with Gasteiger partial charge in [0.05, 0.1) is 17.6 Å². The highest BCUT2D eigenvalue weighted by Crippen LogP contribution is 2.30. The highest BCUT2D eigenvalue weighted by Gasteiger charge is 2.31. The SMILES string of the molecule is Cl.Cl.NC[C@H]1CCC[C@H]1C(=O)NCc1nc2ccc(F)cc2[nH]1. The molecule has 4 N–H and O–H groups in total. The molecule has 1 amide bonds. The van der Waals surface area contributed by atoms with Crippen molar-refractivity contribution >= 4 is 41.8 Å². The number of nitrogens with two attached hydrogens (primary N) is 1. The average Bonchev–Trinajstić information content (AvgIpc) is 3.10. The number of rotatable bonds is 4. The summed E-state index contributed by atoms with van der Waals surface area (Å²) in [5.41, 5.74) is 7.03. The van der Waals surface area contributed by atoms with Gasteiger partial charge in [-0.15, -0.1) is 24.8 Å². The van der Waals surface area contributed by atoms with E-state index in [1.54, 1.807) is 6.07 Å². The van der Waals surface area contributed by atoms with Gasteiger partial charge in [0.1, 0.15) is 11.6 Å². The summed E-state index contributed by atoms with van der Waals surface area (Å²) in [7, 11) is 0. The second kappa shape index (κ2) is 8.47. The molecule has 0 aliphatic heterocycles. The number of halogens is 3. The third-order valence-corrected chi connectivity index (χ3v) is 4.22. The molecule has 1 aromatic heterocycles. The molecule has 0 bridgehead atoms. The van der Waals surface area contributed by atoms with Crippen molar-refractivity contribution in [2.45, 2.75) is 25.8 Å². The highest BCUT2D eigenvalue weighted by atomic mass is 35.5. The van der Waals surface area contributed by atoms with Crippen molar-refractivity contribution in [3.63, 3.8) is 0 Å². The number of H-pyrrole nitrogens is 1. The first-order valence-electron chi connectivity index (χ1n) is 7.29. The molecular formula is C15H21Cl2FN4O. The molecule has 3 rings (SSSR count). The van der Waals surface area contributed by atoms with Crippen LogP contribution in [0.3, 0.4) is 0 Å². The molecule has 1 saturated carbocycles.